The van der Waals surface area contributed by atoms with Gasteiger partial charge in [-0.05, 0) is 56.2 Å². The van der Waals surface area contributed by atoms with Crippen molar-refractivity contribution in [2.24, 2.45) is 0 Å². The molecule has 0 saturated carbocycles. The molecule has 2 rings (SSSR count). The van der Waals surface area contributed by atoms with Gasteiger partial charge in [-0.1, -0.05) is 37.8 Å². The lowest BCUT2D eigenvalue weighted by atomic mass is 10.1. The summed E-state index contributed by atoms with van der Waals surface area (Å²) in [5.41, 5.74) is 0.975. The number of rotatable bonds is 10. The van der Waals surface area contributed by atoms with Crippen LogP contribution in [-0.4, -0.2) is 36.0 Å². The molecule has 178 valence electrons. The predicted octanol–water partition coefficient (Wildman–Crippen LogP) is 4.96. The van der Waals surface area contributed by atoms with Crippen molar-refractivity contribution in [1.29, 1.82) is 0 Å². The lowest BCUT2D eigenvalue weighted by Crippen LogP contribution is -2.25. The van der Waals surface area contributed by atoms with Crippen LogP contribution in [0, 0.1) is 6.92 Å². The van der Waals surface area contributed by atoms with Crippen molar-refractivity contribution in [3.63, 3.8) is 0 Å². The van der Waals surface area contributed by atoms with E-state index in [2.05, 4.69) is 22.3 Å². The molecule has 8 nitrogen and oxygen atoms in total. The highest BCUT2D eigenvalue weighted by atomic mass is 35.5. The van der Waals surface area contributed by atoms with Crippen LogP contribution in [0.5, 0.6) is 17.2 Å². The van der Waals surface area contributed by atoms with Crippen molar-refractivity contribution in [2.45, 2.75) is 46.5 Å². The predicted molar refractivity (Wildman–Crippen MR) is 126 cm³/mol. The molecule has 2 amide bonds. The minimum atomic E-state index is -0.994. The van der Waals surface area contributed by atoms with E-state index in [-0.39, 0.29) is 22.9 Å². The molecular weight excluding hydrogens is 448 g/mol. The Morgan fingerprint density at radius 1 is 1.06 bits per heavy atom. The lowest BCUT2D eigenvalue weighted by molar-refractivity contribution is -0.152. The summed E-state index contributed by atoms with van der Waals surface area (Å²) in [5, 5.41) is 15.5. The Kier molecular flexibility index (Phi) is 10.00. The van der Waals surface area contributed by atoms with Crippen LogP contribution in [0.3, 0.4) is 0 Å². The molecule has 0 aliphatic heterocycles. The number of halogens is 1. The number of phenols is 1. The van der Waals surface area contributed by atoms with Gasteiger partial charge in [-0.25, -0.2) is 4.79 Å². The number of benzene rings is 2. The molecule has 0 bridgehead atoms. The molecule has 0 aliphatic carbocycles. The first kappa shape index (κ1) is 26.0. The van der Waals surface area contributed by atoms with E-state index in [1.165, 1.54) is 24.3 Å². The number of aromatic hydroxyl groups is 1. The molecule has 0 spiro atoms. The van der Waals surface area contributed by atoms with Gasteiger partial charge in [-0.3, -0.25) is 9.59 Å². The summed E-state index contributed by atoms with van der Waals surface area (Å²) in [6, 6.07) is 7.34. The average Bonchev–Trinajstić information content (AvgIpc) is 2.77. The van der Waals surface area contributed by atoms with Gasteiger partial charge in [-0.2, -0.15) is 0 Å². The van der Waals surface area contributed by atoms with Gasteiger partial charge in [0.1, 0.15) is 17.2 Å². The smallest absolute Gasteiger partial charge is 0.397 e. The van der Waals surface area contributed by atoms with Crippen LogP contribution in [0.25, 0.3) is 0 Å². The zero-order chi connectivity index (χ0) is 24.4. The molecule has 0 aromatic heterocycles. The van der Waals surface area contributed by atoms with Gasteiger partial charge in [0, 0.05) is 12.2 Å². The zero-order valence-electron chi connectivity index (χ0n) is 19.0. The Balaban J connectivity index is 2.12. The molecule has 9 heteroatoms. The van der Waals surface area contributed by atoms with Crippen LogP contribution in [-0.2, 0) is 14.3 Å². The Hall–Kier alpha value is -3.26. The van der Waals surface area contributed by atoms with Crippen molar-refractivity contribution in [2.75, 3.05) is 18.5 Å². The molecule has 2 aromatic rings. The Labute approximate surface area is 198 Å². The van der Waals surface area contributed by atoms with E-state index in [0.717, 1.165) is 25.7 Å². The number of nitrogens with one attached hydrogen (secondary N) is 2. The van der Waals surface area contributed by atoms with Crippen LogP contribution in [0.15, 0.2) is 30.3 Å². The highest BCUT2D eigenvalue weighted by Crippen LogP contribution is 2.36. The third-order valence-corrected chi connectivity index (χ3v) is 4.98. The standard InChI is InChI=1S/C24H29ClN2O6/c1-4-6-7-8-11-26-22(29)18-14-17(9-10-20(18)28)33-21-15(3)12-16(13-19(21)25)27-23(30)24(31)32-5-2/h9-10,12-14,28H,4-8,11H2,1-3H3,(H,26,29)(H,27,30). The number of aryl methyl sites for hydroxylation is 1. The van der Waals surface area contributed by atoms with E-state index in [1.54, 1.807) is 19.9 Å². The molecule has 2 aromatic carbocycles. The third kappa shape index (κ3) is 7.68. The fourth-order valence-corrected chi connectivity index (χ4v) is 3.34. The molecule has 0 fully saturated rings. The zero-order valence-corrected chi connectivity index (χ0v) is 19.8. The fraction of sp³-hybridized carbons (Fsp3) is 0.375. The van der Waals surface area contributed by atoms with Crippen molar-refractivity contribution >= 4 is 35.1 Å². The second-order valence-corrected chi connectivity index (χ2v) is 7.78. The summed E-state index contributed by atoms with van der Waals surface area (Å²) < 4.78 is 10.5. The number of hydrogen-bond acceptors (Lipinski definition) is 6. The van der Waals surface area contributed by atoms with Crippen LogP contribution in [0.1, 0.15) is 55.5 Å². The number of anilines is 1. The monoisotopic (exact) mass is 476 g/mol. The molecule has 0 atom stereocenters. The maximum atomic E-state index is 12.5. The number of esters is 1. The van der Waals surface area contributed by atoms with E-state index in [4.69, 9.17) is 16.3 Å². The highest BCUT2D eigenvalue weighted by molar-refractivity contribution is 6.37. The van der Waals surface area contributed by atoms with E-state index >= 15 is 0 Å². The fourth-order valence-electron chi connectivity index (χ4n) is 3.04. The maximum Gasteiger partial charge on any atom is 0.397 e. The van der Waals surface area contributed by atoms with Gasteiger partial charge in [0.25, 0.3) is 5.91 Å². The van der Waals surface area contributed by atoms with Crippen molar-refractivity contribution < 1.29 is 29.0 Å². The topological polar surface area (TPSA) is 114 Å². The third-order valence-electron chi connectivity index (χ3n) is 4.70. The summed E-state index contributed by atoms with van der Waals surface area (Å²) in [7, 11) is 0. The minimum absolute atomic E-state index is 0.0876. The second kappa shape index (κ2) is 12.7. The summed E-state index contributed by atoms with van der Waals surface area (Å²) in [6.45, 7) is 6.04. The number of unbranched alkanes of at least 4 members (excludes halogenated alkanes) is 3. The Morgan fingerprint density at radius 2 is 1.82 bits per heavy atom. The second-order valence-electron chi connectivity index (χ2n) is 7.38. The number of hydrogen-bond donors (Lipinski definition) is 3. The number of phenolic OH excluding ortho intramolecular Hbond substituents is 1. The number of carbonyl (C=O) groups is 3. The molecule has 0 aliphatic rings. The number of amides is 2. The molecule has 0 heterocycles. The van der Waals surface area contributed by atoms with E-state index < -0.39 is 17.8 Å². The van der Waals surface area contributed by atoms with Gasteiger partial charge in [0.05, 0.1) is 17.2 Å². The first-order valence-electron chi connectivity index (χ1n) is 10.8. The molecule has 33 heavy (non-hydrogen) atoms. The van der Waals surface area contributed by atoms with Gasteiger partial charge in [-0.15, -0.1) is 0 Å². The SMILES string of the molecule is CCCCCCNC(=O)c1cc(Oc2c(C)cc(NC(=O)C(=O)OCC)cc2Cl)ccc1O. The van der Waals surface area contributed by atoms with Crippen LogP contribution < -0.4 is 15.4 Å². The van der Waals surface area contributed by atoms with Gasteiger partial charge >= 0.3 is 11.9 Å². The first-order chi connectivity index (χ1) is 15.8. The minimum Gasteiger partial charge on any atom is -0.507 e. The van der Waals surface area contributed by atoms with Crippen molar-refractivity contribution in [3.8, 4) is 17.2 Å². The molecular formula is C24H29ClN2O6. The van der Waals surface area contributed by atoms with E-state index in [0.29, 0.717) is 29.3 Å². The number of ether oxygens (including phenoxy) is 2. The Morgan fingerprint density at radius 3 is 2.48 bits per heavy atom. The summed E-state index contributed by atoms with van der Waals surface area (Å²) in [4.78, 5) is 35.8. The van der Waals surface area contributed by atoms with Crippen LogP contribution in [0.4, 0.5) is 5.69 Å². The lowest BCUT2D eigenvalue weighted by Gasteiger charge is -2.14. The van der Waals surface area contributed by atoms with Crippen LogP contribution in [0.2, 0.25) is 5.02 Å². The summed E-state index contributed by atoms with van der Waals surface area (Å²) >= 11 is 6.33. The average molecular weight is 477 g/mol. The molecule has 0 saturated heterocycles. The quantitative estimate of drug-likeness (QED) is 0.254. The van der Waals surface area contributed by atoms with Gasteiger partial charge < -0.3 is 25.2 Å². The van der Waals surface area contributed by atoms with Gasteiger partial charge in [0.2, 0.25) is 0 Å². The largest absolute Gasteiger partial charge is 0.507 e. The Bertz CT molecular complexity index is 985. The molecule has 0 radical (unpaired) electrons. The van der Waals surface area contributed by atoms with Crippen molar-refractivity contribution in [1.82, 2.24) is 5.32 Å². The van der Waals surface area contributed by atoms with Crippen molar-refractivity contribution in [3.05, 3.63) is 46.5 Å². The molecule has 3 N–H and O–H groups in total. The highest BCUT2D eigenvalue weighted by Gasteiger charge is 2.18. The maximum absolute atomic E-state index is 12.5. The normalized spacial score (nSPS) is 10.4. The summed E-state index contributed by atoms with van der Waals surface area (Å²) in [6.07, 6.45) is 4.11. The first-order valence-corrected chi connectivity index (χ1v) is 11.2. The van der Waals surface area contributed by atoms with Gasteiger partial charge in [0.15, 0.2) is 0 Å². The van der Waals surface area contributed by atoms with E-state index in [9.17, 15) is 19.5 Å². The summed E-state index contributed by atoms with van der Waals surface area (Å²) in [5.74, 6) is -1.85. The van der Waals surface area contributed by atoms with Crippen LogP contribution >= 0.6 is 11.6 Å². The number of carbonyl (C=O) groups excluding carboxylic acids is 3. The molecule has 0 unspecified atom stereocenters. The van der Waals surface area contributed by atoms with E-state index in [1.807, 2.05) is 0 Å².